The molecule has 0 bridgehead atoms. The van der Waals surface area contributed by atoms with Gasteiger partial charge in [-0.05, 0) is 54.4 Å². The molecule has 6 rings (SSSR count). The average Bonchev–Trinajstić information content (AvgIpc) is 3.35. The molecule has 41 heavy (non-hydrogen) atoms. The number of rotatable bonds is 7. The number of nitro benzene ring substituents is 1. The molecule has 0 atom stereocenters. The summed E-state index contributed by atoms with van der Waals surface area (Å²) in [6, 6.07) is 27.5. The average molecular weight is 568 g/mol. The molecule has 1 saturated heterocycles. The molecular weight excluding hydrogens is 538 g/mol. The molecule has 0 unspecified atom stereocenters. The van der Waals surface area contributed by atoms with E-state index in [4.69, 9.17) is 4.98 Å². The van der Waals surface area contributed by atoms with Crippen LogP contribution in [0.15, 0.2) is 102 Å². The van der Waals surface area contributed by atoms with Gasteiger partial charge in [-0.25, -0.2) is 13.4 Å². The Morgan fingerprint density at radius 2 is 1.46 bits per heavy atom. The van der Waals surface area contributed by atoms with Crippen molar-refractivity contribution in [3.05, 3.63) is 119 Å². The van der Waals surface area contributed by atoms with Crippen LogP contribution in [-0.2, 0) is 16.6 Å². The molecule has 0 amide bonds. The topological polar surface area (TPSA) is 101 Å². The molecule has 1 aliphatic rings. The quantitative estimate of drug-likeness (QED) is 0.193. The zero-order valence-corrected chi connectivity index (χ0v) is 23.4. The van der Waals surface area contributed by atoms with Crippen LogP contribution in [0, 0.1) is 17.0 Å². The molecule has 0 aliphatic carbocycles. The Kier molecular flexibility index (Phi) is 7.12. The number of fused-ring (bicyclic) bond motifs is 1. The Morgan fingerprint density at radius 3 is 2.12 bits per heavy atom. The van der Waals surface area contributed by atoms with Crippen molar-refractivity contribution in [3.63, 3.8) is 0 Å². The third-order valence-electron chi connectivity index (χ3n) is 7.54. The molecule has 5 aromatic rings. The summed E-state index contributed by atoms with van der Waals surface area (Å²) in [7, 11) is -3.56. The van der Waals surface area contributed by atoms with E-state index in [1.165, 1.54) is 12.1 Å². The van der Waals surface area contributed by atoms with E-state index in [1.807, 2.05) is 49.4 Å². The first-order valence-electron chi connectivity index (χ1n) is 13.4. The van der Waals surface area contributed by atoms with Crippen molar-refractivity contribution in [2.24, 2.45) is 0 Å². The standard InChI is InChI=1S/C31H29N5O4S/c1-23-7-14-28(15-8-23)41(39,40)34-19-17-33(18-20-34)22-29-31(25-9-12-27(13-10-25)36(37)38)32-30-16-11-26(21-35(29)30)24-5-3-2-4-6-24/h2-16,21H,17-20,22H2,1H3. The lowest BCUT2D eigenvalue weighted by Gasteiger charge is -2.34. The monoisotopic (exact) mass is 567 g/mol. The van der Waals surface area contributed by atoms with Crippen LogP contribution in [0.5, 0.6) is 0 Å². The largest absolute Gasteiger partial charge is 0.301 e. The van der Waals surface area contributed by atoms with Crippen LogP contribution in [0.4, 0.5) is 5.69 Å². The predicted molar refractivity (Wildman–Crippen MR) is 158 cm³/mol. The number of aromatic nitrogens is 2. The molecule has 1 aliphatic heterocycles. The van der Waals surface area contributed by atoms with Crippen LogP contribution in [-0.4, -0.2) is 58.1 Å². The van der Waals surface area contributed by atoms with Gasteiger partial charge in [-0.2, -0.15) is 4.31 Å². The fourth-order valence-corrected chi connectivity index (χ4v) is 6.64. The summed E-state index contributed by atoms with van der Waals surface area (Å²) in [5, 5.41) is 11.2. The number of aryl methyl sites for hydroxylation is 1. The molecule has 9 nitrogen and oxygen atoms in total. The van der Waals surface area contributed by atoms with Gasteiger partial charge in [0.25, 0.3) is 5.69 Å². The second kappa shape index (κ2) is 10.9. The fraction of sp³-hybridized carbons (Fsp3) is 0.194. The van der Waals surface area contributed by atoms with Gasteiger partial charge in [0.2, 0.25) is 10.0 Å². The van der Waals surface area contributed by atoms with E-state index in [-0.39, 0.29) is 5.69 Å². The highest BCUT2D eigenvalue weighted by Crippen LogP contribution is 2.30. The maximum Gasteiger partial charge on any atom is 0.269 e. The summed E-state index contributed by atoms with van der Waals surface area (Å²) < 4.78 is 30.1. The summed E-state index contributed by atoms with van der Waals surface area (Å²) in [6.45, 7) is 4.38. The van der Waals surface area contributed by atoms with Crippen LogP contribution >= 0.6 is 0 Å². The first kappa shape index (κ1) is 26.8. The normalized spacial score (nSPS) is 14.9. The number of pyridine rings is 1. The first-order chi connectivity index (χ1) is 19.8. The highest BCUT2D eigenvalue weighted by Gasteiger charge is 2.29. The van der Waals surface area contributed by atoms with Gasteiger partial charge >= 0.3 is 0 Å². The van der Waals surface area contributed by atoms with Crippen molar-refractivity contribution in [1.29, 1.82) is 0 Å². The molecule has 1 fully saturated rings. The molecule has 0 N–H and O–H groups in total. The molecule has 10 heteroatoms. The van der Waals surface area contributed by atoms with Crippen LogP contribution in [0.2, 0.25) is 0 Å². The Morgan fingerprint density at radius 1 is 0.805 bits per heavy atom. The van der Waals surface area contributed by atoms with E-state index in [9.17, 15) is 18.5 Å². The van der Waals surface area contributed by atoms with E-state index >= 15 is 0 Å². The van der Waals surface area contributed by atoms with E-state index in [2.05, 4.69) is 27.6 Å². The number of nitro groups is 1. The number of piperazine rings is 1. The van der Waals surface area contributed by atoms with Crippen molar-refractivity contribution < 1.29 is 13.3 Å². The smallest absolute Gasteiger partial charge is 0.269 e. The summed E-state index contributed by atoms with van der Waals surface area (Å²) in [5.41, 5.74) is 6.42. The maximum atomic E-state index is 13.2. The SMILES string of the molecule is Cc1ccc(S(=O)(=O)N2CCN(Cc3c(-c4ccc([N+](=O)[O-])cc4)nc4ccc(-c5ccccc5)cn34)CC2)cc1. The van der Waals surface area contributed by atoms with Crippen molar-refractivity contribution in [2.75, 3.05) is 26.2 Å². The van der Waals surface area contributed by atoms with Gasteiger partial charge in [0.05, 0.1) is 21.2 Å². The first-order valence-corrected chi connectivity index (χ1v) is 14.8. The van der Waals surface area contributed by atoms with Gasteiger partial charge in [0.1, 0.15) is 5.65 Å². The number of hydrogen-bond acceptors (Lipinski definition) is 6. The van der Waals surface area contributed by atoms with E-state index in [0.717, 1.165) is 39.3 Å². The van der Waals surface area contributed by atoms with Crippen LogP contribution in [0.3, 0.4) is 0 Å². The zero-order chi connectivity index (χ0) is 28.6. The third-order valence-corrected chi connectivity index (χ3v) is 9.45. The Hall–Kier alpha value is -4.38. The van der Waals surface area contributed by atoms with Crippen molar-refractivity contribution >= 4 is 21.4 Å². The lowest BCUT2D eigenvalue weighted by molar-refractivity contribution is -0.384. The van der Waals surface area contributed by atoms with E-state index in [1.54, 1.807) is 28.6 Å². The molecule has 3 aromatic carbocycles. The molecule has 0 saturated carbocycles. The molecule has 0 spiro atoms. The van der Waals surface area contributed by atoms with Gasteiger partial charge in [-0.1, -0.05) is 48.0 Å². The Bertz CT molecular complexity index is 1810. The molecule has 3 heterocycles. The zero-order valence-electron chi connectivity index (χ0n) is 22.6. The van der Waals surface area contributed by atoms with Gasteiger partial charge in [-0.15, -0.1) is 0 Å². The summed E-state index contributed by atoms with van der Waals surface area (Å²) in [5.74, 6) is 0. The van der Waals surface area contributed by atoms with Gasteiger partial charge in [0, 0.05) is 56.6 Å². The number of sulfonamides is 1. The molecule has 208 valence electrons. The fourth-order valence-electron chi connectivity index (χ4n) is 5.22. The number of hydrogen-bond donors (Lipinski definition) is 0. The Labute approximate surface area is 238 Å². The minimum atomic E-state index is -3.56. The number of imidazole rings is 1. The third kappa shape index (κ3) is 5.37. The summed E-state index contributed by atoms with van der Waals surface area (Å²) in [4.78, 5) is 18.3. The second-order valence-corrected chi connectivity index (χ2v) is 12.2. The summed E-state index contributed by atoms with van der Waals surface area (Å²) >= 11 is 0. The lowest BCUT2D eigenvalue weighted by Crippen LogP contribution is -2.48. The van der Waals surface area contributed by atoms with Gasteiger partial charge in [0.15, 0.2) is 0 Å². The number of non-ortho nitro benzene ring substituents is 1. The van der Waals surface area contributed by atoms with Gasteiger partial charge in [-0.3, -0.25) is 15.0 Å². The van der Waals surface area contributed by atoms with E-state index < -0.39 is 14.9 Å². The number of benzene rings is 3. The minimum absolute atomic E-state index is 0.0244. The van der Waals surface area contributed by atoms with Crippen molar-refractivity contribution in [1.82, 2.24) is 18.6 Å². The van der Waals surface area contributed by atoms with Crippen LogP contribution in [0.25, 0.3) is 28.0 Å². The maximum absolute atomic E-state index is 13.2. The lowest BCUT2D eigenvalue weighted by atomic mass is 10.1. The molecule has 2 aromatic heterocycles. The molecular formula is C31H29N5O4S. The van der Waals surface area contributed by atoms with Crippen LogP contribution < -0.4 is 0 Å². The van der Waals surface area contributed by atoms with E-state index in [0.29, 0.717) is 37.6 Å². The highest BCUT2D eigenvalue weighted by atomic mass is 32.2. The van der Waals surface area contributed by atoms with Gasteiger partial charge < -0.3 is 4.40 Å². The second-order valence-electron chi connectivity index (χ2n) is 10.2. The molecule has 0 radical (unpaired) electrons. The number of nitrogens with zero attached hydrogens (tertiary/aromatic N) is 5. The van der Waals surface area contributed by atoms with Crippen molar-refractivity contribution in [2.45, 2.75) is 18.4 Å². The highest BCUT2D eigenvalue weighted by molar-refractivity contribution is 7.89. The predicted octanol–water partition coefficient (Wildman–Crippen LogP) is 5.39. The summed E-state index contributed by atoms with van der Waals surface area (Å²) in [6.07, 6.45) is 2.07. The minimum Gasteiger partial charge on any atom is -0.301 e. The van der Waals surface area contributed by atoms with Crippen LogP contribution in [0.1, 0.15) is 11.3 Å². The Balaban J connectivity index is 1.31. The van der Waals surface area contributed by atoms with Crippen molar-refractivity contribution in [3.8, 4) is 22.4 Å².